The van der Waals surface area contributed by atoms with Gasteiger partial charge in [0, 0.05) is 43.2 Å². The number of amides is 4. The van der Waals surface area contributed by atoms with E-state index in [0.717, 1.165) is 9.13 Å². The third-order valence-corrected chi connectivity index (χ3v) is 11.0. The average Bonchev–Trinajstić information content (AvgIpc) is 3.99. The Labute approximate surface area is 381 Å². The molecule has 8 rings (SSSR count). The molecule has 1 unspecified atom stereocenters. The quantitative estimate of drug-likeness (QED) is 0.0600. The van der Waals surface area contributed by atoms with Gasteiger partial charge in [-0.3, -0.25) is 33.7 Å². The third-order valence-electron chi connectivity index (χ3n) is 10.7. The van der Waals surface area contributed by atoms with Crippen LogP contribution in [0.15, 0.2) is 64.4 Å². The molecule has 2 aliphatic heterocycles. The minimum atomic E-state index is -1.42. The van der Waals surface area contributed by atoms with Gasteiger partial charge in [-0.05, 0) is 36.2 Å². The fourth-order valence-electron chi connectivity index (χ4n) is 7.49. The van der Waals surface area contributed by atoms with Crippen molar-refractivity contribution in [1.29, 1.82) is 0 Å². The van der Waals surface area contributed by atoms with Gasteiger partial charge in [-0.15, -0.1) is 5.10 Å². The van der Waals surface area contributed by atoms with Crippen molar-refractivity contribution in [3.8, 4) is 0 Å². The summed E-state index contributed by atoms with van der Waals surface area (Å²) in [6.45, 7) is -0.131. The van der Waals surface area contributed by atoms with Crippen molar-refractivity contribution in [3.63, 3.8) is 0 Å². The van der Waals surface area contributed by atoms with E-state index in [1.54, 1.807) is 48.3 Å². The molecule has 0 bridgehead atoms. The molecule has 1 atom stereocenters. The number of fused-ring (bicyclic) bond motifs is 2. The molecule has 2 aliphatic rings. The lowest BCUT2D eigenvalue weighted by molar-refractivity contribution is -0.137. The number of hydrogen-bond acceptors (Lipinski definition) is 14. The number of imide groups is 1. The maximum Gasteiger partial charge on any atom is 0.355 e. The van der Waals surface area contributed by atoms with Crippen molar-refractivity contribution < 1.29 is 46.6 Å². The second kappa shape index (κ2) is 20.1. The third kappa shape index (κ3) is 10.6. The number of carbonyl (C=O) groups is 4. The first-order valence-corrected chi connectivity index (χ1v) is 21.0. The predicted octanol–water partition coefficient (Wildman–Crippen LogP) is 2.24. The Morgan fingerprint density at radius 3 is 2.45 bits per heavy atom. The number of anilines is 3. The molecule has 0 saturated carbocycles. The summed E-state index contributed by atoms with van der Waals surface area (Å²) in [6.07, 6.45) is 3.54. The fraction of sp³-hybridized carbons (Fsp3) is 0.333. The molecule has 4 amide bonds. The summed E-state index contributed by atoms with van der Waals surface area (Å²) in [7, 11) is 1.71. The molecular weight excluding hydrogens is 909 g/mol. The number of aryl methyl sites for hydroxylation is 1. The summed E-state index contributed by atoms with van der Waals surface area (Å²) in [4.78, 5) is 82.5. The molecular formula is C42H40ClF3N12O9. The summed E-state index contributed by atoms with van der Waals surface area (Å²) in [5.74, 6) is -6.07. The van der Waals surface area contributed by atoms with Crippen molar-refractivity contribution in [2.45, 2.75) is 45.1 Å². The predicted molar refractivity (Wildman–Crippen MR) is 230 cm³/mol. The van der Waals surface area contributed by atoms with Crippen molar-refractivity contribution in [1.82, 2.24) is 49.1 Å². The Kier molecular flexibility index (Phi) is 13.9. The highest BCUT2D eigenvalue weighted by atomic mass is 35.5. The Morgan fingerprint density at radius 2 is 1.66 bits per heavy atom. The molecule has 350 valence electrons. The Morgan fingerprint density at radius 1 is 0.896 bits per heavy atom. The zero-order chi connectivity index (χ0) is 47.4. The number of ether oxygens (including phenoxy) is 3. The van der Waals surface area contributed by atoms with Crippen LogP contribution in [0.25, 0.3) is 10.9 Å². The Bertz CT molecular complexity index is 3030. The number of nitrogens with one attached hydrogen (secondary N) is 3. The lowest BCUT2D eigenvalue weighted by Crippen LogP contribution is -2.52. The number of hydrogen-bond donors (Lipinski definition) is 3. The largest absolute Gasteiger partial charge is 0.377 e. The zero-order valence-electron chi connectivity index (χ0n) is 35.5. The Hall–Kier alpha value is -7.28. The number of halogens is 4. The van der Waals surface area contributed by atoms with Gasteiger partial charge in [-0.25, -0.2) is 32.0 Å². The van der Waals surface area contributed by atoms with Gasteiger partial charge in [0.05, 0.1) is 86.3 Å². The molecule has 0 radical (unpaired) electrons. The molecule has 1 saturated heterocycles. The highest BCUT2D eigenvalue weighted by Gasteiger charge is 2.40. The van der Waals surface area contributed by atoms with Crippen LogP contribution in [0.4, 0.5) is 30.5 Å². The minimum Gasteiger partial charge on any atom is -0.377 e. The average molecular weight is 949 g/mol. The van der Waals surface area contributed by atoms with Gasteiger partial charge < -0.3 is 29.7 Å². The van der Waals surface area contributed by atoms with Crippen LogP contribution in [0.2, 0.25) is 5.02 Å². The highest BCUT2D eigenvalue weighted by Crippen LogP contribution is 2.33. The highest BCUT2D eigenvalue weighted by molar-refractivity contribution is 6.34. The molecule has 21 nitrogen and oxygen atoms in total. The number of aromatic nitrogens is 8. The van der Waals surface area contributed by atoms with Crippen molar-refractivity contribution in [2.24, 2.45) is 7.05 Å². The molecule has 3 N–H and O–H groups in total. The number of rotatable bonds is 19. The van der Waals surface area contributed by atoms with Crippen LogP contribution in [0.5, 0.6) is 0 Å². The number of benzene rings is 3. The van der Waals surface area contributed by atoms with E-state index in [9.17, 15) is 41.9 Å². The molecule has 6 aromatic rings. The van der Waals surface area contributed by atoms with Gasteiger partial charge >= 0.3 is 11.4 Å². The number of carbonyl (C=O) groups excluding carboxylic acids is 4. The van der Waals surface area contributed by atoms with Crippen LogP contribution in [-0.4, -0.2) is 113 Å². The van der Waals surface area contributed by atoms with Gasteiger partial charge in [0.2, 0.25) is 23.7 Å². The van der Waals surface area contributed by atoms with Crippen LogP contribution in [0.1, 0.15) is 40.0 Å². The van der Waals surface area contributed by atoms with E-state index < -0.39 is 71.2 Å². The monoisotopic (exact) mass is 948 g/mol. The number of piperidine rings is 1. The molecule has 0 aliphatic carbocycles. The standard InChI is InChI=1S/C42H40ClF3N12O9/c1-54-17-25-14-33(27(43)15-32(25)52-54)48-40-50-41(63)58(42(64)57(40)19-24-13-29(45)30(46)16-28(24)44)21-26-20-55(53-51-26)7-8-65-9-10-66-11-12-67-22-36(60)47-31-4-2-3-23-18-56(39(62)37(23)31)34-5-6-35(59)49-38(34)61/h2-4,13-17,20,34H,5-12,18-19,21-22H2,1H3,(H,47,60)(H,48,50,63)(H,49,59,61). The molecule has 5 heterocycles. The minimum absolute atomic E-state index is 0.0889. The van der Waals surface area contributed by atoms with E-state index in [1.165, 1.54) is 15.8 Å². The smallest absolute Gasteiger partial charge is 0.355 e. The topological polar surface area (TPSA) is 241 Å². The van der Waals surface area contributed by atoms with Gasteiger partial charge in [-0.2, -0.15) is 10.1 Å². The SMILES string of the molecule is Cn1cc2cc(Nc3nc(=O)n(Cc4cn(CCOCCOCCOCC(=O)Nc5cccc6c5C(=O)N(C5CCC(=O)NC5=O)C6)nn4)c(=O)n3Cc3cc(F)c(F)cc3F)c(Cl)cc2n1. The van der Waals surface area contributed by atoms with E-state index >= 15 is 0 Å². The first kappa shape index (κ1) is 46.3. The fourth-order valence-corrected chi connectivity index (χ4v) is 7.70. The van der Waals surface area contributed by atoms with Crippen molar-refractivity contribution in [2.75, 3.05) is 50.3 Å². The lowest BCUT2D eigenvalue weighted by Gasteiger charge is -2.29. The summed E-state index contributed by atoms with van der Waals surface area (Å²) in [5.41, 5.74) is -0.180. The lowest BCUT2D eigenvalue weighted by atomic mass is 10.0. The van der Waals surface area contributed by atoms with E-state index in [4.69, 9.17) is 25.8 Å². The second-order valence-electron chi connectivity index (χ2n) is 15.4. The van der Waals surface area contributed by atoms with Gasteiger partial charge in [0.15, 0.2) is 11.6 Å². The summed E-state index contributed by atoms with van der Waals surface area (Å²) < 4.78 is 64.0. The molecule has 0 spiro atoms. The second-order valence-corrected chi connectivity index (χ2v) is 15.8. The first-order chi connectivity index (χ1) is 32.2. The molecule has 67 heavy (non-hydrogen) atoms. The van der Waals surface area contributed by atoms with Gasteiger partial charge in [0.1, 0.15) is 24.2 Å². The molecule has 1 fully saturated rings. The van der Waals surface area contributed by atoms with Gasteiger partial charge in [-0.1, -0.05) is 28.9 Å². The number of nitrogens with zero attached hydrogens (tertiary/aromatic N) is 9. The van der Waals surface area contributed by atoms with E-state index in [-0.39, 0.29) is 99.4 Å². The van der Waals surface area contributed by atoms with Crippen LogP contribution >= 0.6 is 11.6 Å². The van der Waals surface area contributed by atoms with Crippen LogP contribution < -0.4 is 27.3 Å². The Balaban J connectivity index is 0.789. The summed E-state index contributed by atoms with van der Waals surface area (Å²) >= 11 is 6.48. The van der Waals surface area contributed by atoms with E-state index in [0.29, 0.717) is 34.3 Å². The maximum atomic E-state index is 14.8. The van der Waals surface area contributed by atoms with Gasteiger partial charge in [0.25, 0.3) is 5.91 Å². The maximum absolute atomic E-state index is 14.8. The molecule has 3 aromatic heterocycles. The summed E-state index contributed by atoms with van der Waals surface area (Å²) in [6, 6.07) is 8.35. The molecule has 25 heteroatoms. The van der Waals surface area contributed by atoms with Crippen LogP contribution in [0, 0.1) is 17.5 Å². The zero-order valence-corrected chi connectivity index (χ0v) is 36.2. The summed E-state index contributed by atoms with van der Waals surface area (Å²) in [5, 5.41) is 21.0. The first-order valence-electron chi connectivity index (χ1n) is 20.7. The van der Waals surface area contributed by atoms with Crippen LogP contribution in [-0.2, 0) is 61.8 Å². The van der Waals surface area contributed by atoms with E-state index in [1.807, 2.05) is 0 Å². The van der Waals surface area contributed by atoms with Crippen LogP contribution in [0.3, 0.4) is 0 Å². The van der Waals surface area contributed by atoms with E-state index in [2.05, 4.69) is 36.3 Å². The molecule has 3 aromatic carbocycles. The normalized spacial score (nSPS) is 14.8. The van der Waals surface area contributed by atoms with Crippen molar-refractivity contribution in [3.05, 3.63) is 121 Å². The van der Waals surface area contributed by atoms with Crippen molar-refractivity contribution >= 4 is 63.5 Å².